The lowest BCUT2D eigenvalue weighted by Crippen LogP contribution is -2.21. The Kier molecular flexibility index (Phi) is 3.18. The van der Waals surface area contributed by atoms with Crippen LogP contribution < -0.4 is 5.56 Å². The van der Waals surface area contributed by atoms with Crippen molar-refractivity contribution in [2.45, 2.75) is 13.8 Å². The average Bonchev–Trinajstić information content (AvgIpc) is 2.88. The van der Waals surface area contributed by atoms with Crippen molar-refractivity contribution >= 4 is 43.4 Å². The summed E-state index contributed by atoms with van der Waals surface area (Å²) in [6.45, 7) is 3.94. The van der Waals surface area contributed by atoms with Crippen molar-refractivity contribution in [2.24, 2.45) is 0 Å². The van der Waals surface area contributed by atoms with E-state index in [1.165, 1.54) is 16.0 Å². The zero-order chi connectivity index (χ0) is 16.1. The average molecular weight is 343 g/mol. The zero-order valence-electron chi connectivity index (χ0n) is 12.4. The van der Waals surface area contributed by atoms with Gasteiger partial charge >= 0.3 is 0 Å². The number of benzene rings is 1. The molecule has 0 saturated carbocycles. The summed E-state index contributed by atoms with van der Waals surface area (Å²) in [6, 6.07) is 9.07. The molecule has 5 nitrogen and oxygen atoms in total. The fourth-order valence-electron chi connectivity index (χ4n) is 2.45. The van der Waals surface area contributed by atoms with Crippen molar-refractivity contribution in [3.05, 3.63) is 57.0 Å². The Labute approximate surface area is 140 Å². The van der Waals surface area contributed by atoms with Gasteiger partial charge in [0.15, 0.2) is 0 Å². The number of rotatable bonds is 1. The van der Waals surface area contributed by atoms with E-state index < -0.39 is 0 Å². The van der Waals surface area contributed by atoms with E-state index in [2.05, 4.69) is 15.3 Å². The van der Waals surface area contributed by atoms with Crippen LogP contribution >= 0.6 is 22.9 Å². The summed E-state index contributed by atoms with van der Waals surface area (Å²) < 4.78 is 1.77. The molecule has 3 heterocycles. The molecule has 0 aliphatic rings. The molecule has 0 spiro atoms. The lowest BCUT2D eigenvalue weighted by Gasteiger charge is -2.04. The van der Waals surface area contributed by atoms with Crippen molar-refractivity contribution in [2.75, 3.05) is 0 Å². The second-order valence-electron chi connectivity index (χ2n) is 5.28. The third-order valence-corrected chi connectivity index (χ3v) is 5.20. The van der Waals surface area contributed by atoms with Crippen LogP contribution in [0.2, 0.25) is 5.02 Å². The number of aromatic nitrogens is 4. The van der Waals surface area contributed by atoms with Gasteiger partial charge in [0.2, 0.25) is 0 Å². The van der Waals surface area contributed by atoms with E-state index in [0.29, 0.717) is 20.9 Å². The van der Waals surface area contributed by atoms with E-state index in [-0.39, 0.29) is 5.56 Å². The van der Waals surface area contributed by atoms with Crippen LogP contribution in [0, 0.1) is 13.8 Å². The SMILES string of the molecule is Cc1cc2c(nc1C)sc1c(=O)n(-c3ccccc3Cl)nnc12. The molecule has 0 aliphatic carbocycles. The number of pyridine rings is 1. The molecule has 3 aromatic heterocycles. The molecule has 7 heteroatoms. The van der Waals surface area contributed by atoms with E-state index >= 15 is 0 Å². The van der Waals surface area contributed by atoms with Crippen LogP contribution in [0.1, 0.15) is 11.3 Å². The monoisotopic (exact) mass is 342 g/mol. The highest BCUT2D eigenvalue weighted by Gasteiger charge is 2.16. The van der Waals surface area contributed by atoms with Crippen molar-refractivity contribution in [3.63, 3.8) is 0 Å². The molecule has 0 amide bonds. The topological polar surface area (TPSA) is 60.7 Å². The summed E-state index contributed by atoms with van der Waals surface area (Å²) in [7, 11) is 0. The summed E-state index contributed by atoms with van der Waals surface area (Å²) >= 11 is 7.50. The van der Waals surface area contributed by atoms with Gasteiger partial charge in [-0.3, -0.25) is 4.79 Å². The van der Waals surface area contributed by atoms with Gasteiger partial charge in [0, 0.05) is 11.1 Å². The second-order valence-corrected chi connectivity index (χ2v) is 6.69. The molecule has 0 atom stereocenters. The van der Waals surface area contributed by atoms with E-state index in [0.717, 1.165) is 21.5 Å². The molecule has 4 aromatic rings. The maximum Gasteiger partial charge on any atom is 0.292 e. The predicted molar refractivity (Wildman–Crippen MR) is 92.8 cm³/mol. The minimum atomic E-state index is -0.235. The van der Waals surface area contributed by atoms with Crippen molar-refractivity contribution in [1.29, 1.82) is 0 Å². The van der Waals surface area contributed by atoms with Crippen LogP contribution in [0.15, 0.2) is 35.1 Å². The molecule has 0 fully saturated rings. The van der Waals surface area contributed by atoms with E-state index in [1.807, 2.05) is 19.9 Å². The Hall–Kier alpha value is -2.31. The highest BCUT2D eigenvalue weighted by Crippen LogP contribution is 2.30. The smallest absolute Gasteiger partial charge is 0.266 e. The number of nitrogens with zero attached hydrogens (tertiary/aromatic N) is 4. The van der Waals surface area contributed by atoms with Crippen LogP contribution in [0.3, 0.4) is 0 Å². The number of thiophene rings is 1. The van der Waals surface area contributed by atoms with Gasteiger partial charge in [0.1, 0.15) is 15.0 Å². The Morgan fingerprint density at radius 3 is 2.78 bits per heavy atom. The molecule has 1 aromatic carbocycles. The van der Waals surface area contributed by atoms with Gasteiger partial charge in [-0.15, -0.1) is 16.4 Å². The molecule has 114 valence electrons. The van der Waals surface area contributed by atoms with Gasteiger partial charge in [-0.2, -0.15) is 4.68 Å². The second kappa shape index (κ2) is 5.11. The Balaban J connectivity index is 2.08. The van der Waals surface area contributed by atoms with E-state index in [4.69, 9.17) is 11.6 Å². The summed E-state index contributed by atoms with van der Waals surface area (Å²) in [6.07, 6.45) is 0. The first-order valence-corrected chi connectivity index (χ1v) is 8.17. The number of hydrogen-bond donors (Lipinski definition) is 0. The normalized spacial score (nSPS) is 11.4. The Morgan fingerprint density at radius 1 is 1.22 bits per heavy atom. The molecule has 23 heavy (non-hydrogen) atoms. The van der Waals surface area contributed by atoms with E-state index in [1.54, 1.807) is 24.3 Å². The van der Waals surface area contributed by atoms with Gasteiger partial charge in [0.05, 0.1) is 10.7 Å². The molecule has 0 radical (unpaired) electrons. The minimum Gasteiger partial charge on any atom is -0.266 e. The van der Waals surface area contributed by atoms with Gasteiger partial charge in [0.25, 0.3) is 5.56 Å². The standard InChI is InChI=1S/C16H11ClN4OS/c1-8-7-10-13-14(23-15(10)18-9(8)2)16(22)21(20-19-13)12-6-4-3-5-11(12)17/h3-7H,1-2H3. The van der Waals surface area contributed by atoms with Crippen LogP contribution in [0.5, 0.6) is 0 Å². The first kappa shape index (κ1) is 14.3. The first-order valence-electron chi connectivity index (χ1n) is 6.97. The summed E-state index contributed by atoms with van der Waals surface area (Å²) in [5.41, 5.74) is 2.89. The highest BCUT2D eigenvalue weighted by atomic mass is 35.5. The van der Waals surface area contributed by atoms with Gasteiger partial charge < -0.3 is 0 Å². The number of aryl methyl sites for hydroxylation is 2. The zero-order valence-corrected chi connectivity index (χ0v) is 13.9. The number of halogens is 1. The molecule has 0 unspecified atom stereocenters. The van der Waals surface area contributed by atoms with Crippen LogP contribution in [0.4, 0.5) is 0 Å². The van der Waals surface area contributed by atoms with Gasteiger partial charge in [-0.25, -0.2) is 4.98 Å². The number of fused-ring (bicyclic) bond motifs is 3. The van der Waals surface area contributed by atoms with Crippen molar-refractivity contribution < 1.29 is 0 Å². The largest absolute Gasteiger partial charge is 0.292 e. The summed E-state index contributed by atoms with van der Waals surface area (Å²) in [4.78, 5) is 18.2. The quantitative estimate of drug-likeness (QED) is 0.529. The van der Waals surface area contributed by atoms with E-state index in [9.17, 15) is 4.79 Å². The lowest BCUT2D eigenvalue weighted by molar-refractivity contribution is 0.741. The molecule has 0 N–H and O–H groups in total. The fourth-order valence-corrected chi connectivity index (χ4v) is 3.73. The summed E-state index contributed by atoms with van der Waals surface area (Å²) in [5, 5.41) is 9.62. The molecule has 0 bridgehead atoms. The predicted octanol–water partition coefficient (Wildman–Crippen LogP) is 3.66. The lowest BCUT2D eigenvalue weighted by atomic mass is 10.2. The molecular formula is C16H11ClN4OS. The van der Waals surface area contributed by atoms with Crippen LogP contribution in [-0.4, -0.2) is 20.0 Å². The minimum absolute atomic E-state index is 0.235. The van der Waals surface area contributed by atoms with Crippen molar-refractivity contribution in [1.82, 2.24) is 20.0 Å². The molecule has 0 aliphatic heterocycles. The molecule has 0 saturated heterocycles. The highest BCUT2D eigenvalue weighted by molar-refractivity contribution is 7.25. The molecule has 4 rings (SSSR count). The third kappa shape index (κ3) is 2.14. The van der Waals surface area contributed by atoms with Crippen LogP contribution in [-0.2, 0) is 0 Å². The number of hydrogen-bond acceptors (Lipinski definition) is 5. The fraction of sp³-hybridized carbons (Fsp3) is 0.125. The molecular weight excluding hydrogens is 332 g/mol. The first-order chi connectivity index (χ1) is 11.1. The third-order valence-electron chi connectivity index (χ3n) is 3.80. The van der Waals surface area contributed by atoms with Gasteiger partial charge in [-0.1, -0.05) is 28.9 Å². The van der Waals surface area contributed by atoms with Crippen LogP contribution in [0.25, 0.3) is 26.1 Å². The maximum atomic E-state index is 12.8. The van der Waals surface area contributed by atoms with Crippen molar-refractivity contribution in [3.8, 4) is 5.69 Å². The Morgan fingerprint density at radius 2 is 2.00 bits per heavy atom. The Bertz CT molecular complexity index is 1130. The van der Waals surface area contributed by atoms with Gasteiger partial charge in [-0.05, 0) is 37.6 Å². The summed E-state index contributed by atoms with van der Waals surface area (Å²) in [5.74, 6) is 0. The maximum absolute atomic E-state index is 12.8. The number of para-hydroxylation sites is 1.